The molecule has 3 aromatic rings. The molecule has 3 aromatic carbocycles. The number of aldehydes is 1. The molecule has 0 fully saturated rings. The molecule has 0 radical (unpaired) electrons. The Kier molecular flexibility index (Phi) is 3.28. The van der Waals surface area contributed by atoms with Crippen LogP contribution in [0.5, 0.6) is 11.5 Å². The van der Waals surface area contributed by atoms with Gasteiger partial charge in [0.1, 0.15) is 5.75 Å². The minimum absolute atomic E-state index is 0.0909. The molecule has 0 aliphatic rings. The first-order chi connectivity index (χ1) is 10.2. The summed E-state index contributed by atoms with van der Waals surface area (Å²) in [7, 11) is 0. The molecule has 0 aromatic heterocycles. The number of fused-ring (bicyclic) bond motifs is 1. The average Bonchev–Trinajstić information content (AvgIpc) is 2.49. The summed E-state index contributed by atoms with van der Waals surface area (Å²) in [6.45, 7) is 0. The largest absolute Gasteiger partial charge is 0.454 e. The van der Waals surface area contributed by atoms with Crippen molar-refractivity contribution in [2.24, 2.45) is 0 Å². The Bertz CT molecular complexity index is 830. The normalized spacial score (nSPS) is 10.5. The molecule has 2 N–H and O–H groups in total. The molecule has 0 heterocycles. The number of ether oxygens (including phenoxy) is 1. The second-order valence-electron chi connectivity index (χ2n) is 4.61. The van der Waals surface area contributed by atoms with Crippen molar-refractivity contribution in [3.63, 3.8) is 0 Å². The predicted molar refractivity (Wildman–Crippen MR) is 80.2 cm³/mol. The maximum Gasteiger partial charge on any atom is 0.167 e. The minimum Gasteiger partial charge on any atom is -0.454 e. The highest BCUT2D eigenvalue weighted by Crippen LogP contribution is 2.32. The fraction of sp³-hybridized carbons (Fsp3) is 0. The summed E-state index contributed by atoms with van der Waals surface area (Å²) in [6, 6.07) is 14.9. The summed E-state index contributed by atoms with van der Waals surface area (Å²) in [5, 5.41) is 1.51. The van der Waals surface area contributed by atoms with Crippen LogP contribution in [0, 0.1) is 5.82 Å². The third kappa shape index (κ3) is 2.43. The molecule has 3 nitrogen and oxygen atoms in total. The van der Waals surface area contributed by atoms with Gasteiger partial charge in [-0.3, -0.25) is 4.79 Å². The van der Waals surface area contributed by atoms with E-state index in [9.17, 15) is 9.18 Å². The second-order valence-corrected chi connectivity index (χ2v) is 4.61. The standard InChI is InChI=1S/C17H12FNO2/c18-15-9-12(19)7-8-17(15)21-16-6-2-4-13-11(10-20)3-1-5-14(13)16/h1-10H,19H2. The van der Waals surface area contributed by atoms with E-state index < -0.39 is 5.82 Å². The summed E-state index contributed by atoms with van der Waals surface area (Å²) in [5.41, 5.74) is 6.41. The predicted octanol–water partition coefficient (Wildman–Crippen LogP) is 4.17. The molecular weight excluding hydrogens is 269 g/mol. The second kappa shape index (κ2) is 5.25. The van der Waals surface area contributed by atoms with Crippen LogP contribution in [-0.2, 0) is 0 Å². The first-order valence-electron chi connectivity index (χ1n) is 6.39. The maximum atomic E-state index is 13.8. The first kappa shape index (κ1) is 13.1. The highest BCUT2D eigenvalue weighted by molar-refractivity contribution is 6.00. The average molecular weight is 281 g/mol. The van der Waals surface area contributed by atoms with Crippen molar-refractivity contribution in [2.45, 2.75) is 0 Å². The molecule has 0 spiro atoms. The number of rotatable bonds is 3. The molecule has 21 heavy (non-hydrogen) atoms. The van der Waals surface area contributed by atoms with Crippen LogP contribution in [0.4, 0.5) is 10.1 Å². The van der Waals surface area contributed by atoms with Crippen LogP contribution in [-0.4, -0.2) is 6.29 Å². The molecule has 0 aliphatic heterocycles. The smallest absolute Gasteiger partial charge is 0.167 e. The zero-order valence-electron chi connectivity index (χ0n) is 11.0. The monoisotopic (exact) mass is 281 g/mol. The summed E-state index contributed by atoms with van der Waals surface area (Å²) in [4.78, 5) is 11.1. The van der Waals surface area contributed by atoms with Crippen molar-refractivity contribution < 1.29 is 13.9 Å². The summed E-state index contributed by atoms with van der Waals surface area (Å²) in [6.07, 6.45) is 0.788. The molecule has 3 rings (SSSR count). The number of hydrogen-bond acceptors (Lipinski definition) is 3. The Morgan fingerprint density at radius 2 is 1.71 bits per heavy atom. The third-order valence-corrected chi connectivity index (χ3v) is 3.22. The van der Waals surface area contributed by atoms with Crippen molar-refractivity contribution in [2.75, 3.05) is 5.73 Å². The van der Waals surface area contributed by atoms with E-state index in [0.717, 1.165) is 17.1 Å². The number of nitrogens with two attached hydrogens (primary N) is 1. The number of nitrogen functional groups attached to an aromatic ring is 1. The van der Waals surface area contributed by atoms with Crippen molar-refractivity contribution in [1.82, 2.24) is 0 Å². The van der Waals surface area contributed by atoms with Gasteiger partial charge in [0.2, 0.25) is 0 Å². The van der Waals surface area contributed by atoms with Crippen molar-refractivity contribution in [3.8, 4) is 11.5 Å². The Morgan fingerprint density at radius 1 is 0.952 bits per heavy atom. The number of anilines is 1. The maximum absolute atomic E-state index is 13.8. The van der Waals surface area contributed by atoms with Gasteiger partial charge >= 0.3 is 0 Å². The quantitative estimate of drug-likeness (QED) is 0.579. The van der Waals surface area contributed by atoms with Crippen molar-refractivity contribution >= 4 is 22.7 Å². The van der Waals surface area contributed by atoms with E-state index in [1.54, 1.807) is 30.3 Å². The summed E-state index contributed by atoms with van der Waals surface area (Å²) >= 11 is 0. The van der Waals surface area contributed by atoms with Crippen LogP contribution in [0.15, 0.2) is 54.6 Å². The number of carbonyl (C=O) groups is 1. The number of carbonyl (C=O) groups excluding carboxylic acids is 1. The van der Waals surface area contributed by atoms with Crippen LogP contribution in [0.2, 0.25) is 0 Å². The van der Waals surface area contributed by atoms with Crippen LogP contribution < -0.4 is 10.5 Å². The summed E-state index contributed by atoms with van der Waals surface area (Å²) in [5.74, 6) is 0.0478. The van der Waals surface area contributed by atoms with Gasteiger partial charge in [0.25, 0.3) is 0 Å². The van der Waals surface area contributed by atoms with Crippen LogP contribution in [0.25, 0.3) is 10.8 Å². The first-order valence-corrected chi connectivity index (χ1v) is 6.39. The minimum atomic E-state index is -0.529. The van der Waals surface area contributed by atoms with Gasteiger partial charge in [-0.25, -0.2) is 4.39 Å². The number of halogens is 1. The Labute approximate surface area is 120 Å². The van der Waals surface area contributed by atoms with Crippen LogP contribution >= 0.6 is 0 Å². The van der Waals surface area contributed by atoms with Crippen molar-refractivity contribution in [3.05, 3.63) is 66.0 Å². The fourth-order valence-electron chi connectivity index (χ4n) is 2.22. The molecule has 0 saturated heterocycles. The van der Waals surface area contributed by atoms with E-state index in [1.165, 1.54) is 12.1 Å². The highest BCUT2D eigenvalue weighted by Gasteiger charge is 2.09. The zero-order valence-corrected chi connectivity index (χ0v) is 11.0. The molecule has 0 saturated carbocycles. The lowest BCUT2D eigenvalue weighted by molar-refractivity contribution is 0.112. The molecule has 0 unspecified atom stereocenters. The highest BCUT2D eigenvalue weighted by atomic mass is 19.1. The lowest BCUT2D eigenvalue weighted by Crippen LogP contribution is -1.93. The topological polar surface area (TPSA) is 52.3 Å². The number of hydrogen-bond donors (Lipinski definition) is 1. The van der Waals surface area contributed by atoms with Gasteiger partial charge in [-0.15, -0.1) is 0 Å². The van der Waals surface area contributed by atoms with Gasteiger partial charge in [0.05, 0.1) is 0 Å². The van der Waals surface area contributed by atoms with E-state index in [4.69, 9.17) is 10.5 Å². The molecule has 4 heteroatoms. The van der Waals surface area contributed by atoms with Gasteiger partial charge in [0, 0.05) is 22.7 Å². The molecular formula is C17H12FNO2. The lowest BCUT2D eigenvalue weighted by atomic mass is 10.0. The van der Waals surface area contributed by atoms with E-state index in [1.807, 2.05) is 12.1 Å². The molecule has 0 amide bonds. The third-order valence-electron chi connectivity index (χ3n) is 3.22. The lowest BCUT2D eigenvalue weighted by Gasteiger charge is -2.10. The van der Waals surface area contributed by atoms with Gasteiger partial charge in [-0.2, -0.15) is 0 Å². The SMILES string of the molecule is Nc1ccc(Oc2cccc3c(C=O)cccc23)c(F)c1. The van der Waals surface area contributed by atoms with E-state index in [-0.39, 0.29) is 5.75 Å². The van der Waals surface area contributed by atoms with Gasteiger partial charge in [-0.05, 0) is 23.6 Å². The van der Waals surface area contributed by atoms with Crippen molar-refractivity contribution in [1.29, 1.82) is 0 Å². The Hall–Kier alpha value is -2.88. The fourth-order valence-corrected chi connectivity index (χ4v) is 2.22. The van der Waals surface area contributed by atoms with Gasteiger partial charge in [-0.1, -0.05) is 30.3 Å². The summed E-state index contributed by atoms with van der Waals surface area (Å²) < 4.78 is 19.5. The molecule has 0 bridgehead atoms. The Morgan fingerprint density at radius 3 is 2.48 bits per heavy atom. The Balaban J connectivity index is 2.11. The molecule has 0 atom stereocenters. The van der Waals surface area contributed by atoms with Crippen LogP contribution in [0.1, 0.15) is 10.4 Å². The van der Waals surface area contributed by atoms with Gasteiger partial charge in [0.15, 0.2) is 17.9 Å². The number of benzene rings is 3. The molecule has 0 aliphatic carbocycles. The van der Waals surface area contributed by atoms with E-state index in [0.29, 0.717) is 17.0 Å². The zero-order chi connectivity index (χ0) is 14.8. The van der Waals surface area contributed by atoms with E-state index in [2.05, 4.69) is 0 Å². The molecule has 104 valence electrons. The van der Waals surface area contributed by atoms with Crippen LogP contribution in [0.3, 0.4) is 0 Å². The van der Waals surface area contributed by atoms with Gasteiger partial charge < -0.3 is 10.5 Å². The van der Waals surface area contributed by atoms with E-state index >= 15 is 0 Å².